The van der Waals surface area contributed by atoms with Gasteiger partial charge >= 0.3 is 0 Å². The number of rotatable bonds is 7. The van der Waals surface area contributed by atoms with Crippen molar-refractivity contribution in [3.8, 4) is 10.4 Å². The molecule has 33 heavy (non-hydrogen) atoms. The molecule has 2 atom stereocenters. The summed E-state index contributed by atoms with van der Waals surface area (Å²) in [6, 6.07) is 9.74. The molecule has 3 aromatic rings. The first-order valence-corrected chi connectivity index (χ1v) is 12.2. The second kappa shape index (κ2) is 11.7. The Morgan fingerprint density at radius 2 is 2.03 bits per heavy atom. The molecule has 1 N–H and O–H groups in total. The summed E-state index contributed by atoms with van der Waals surface area (Å²) < 4.78 is 5.01. The number of nitrogens with zero attached hydrogens (tertiary/aromatic N) is 3. The van der Waals surface area contributed by atoms with Gasteiger partial charge in [0.2, 0.25) is 12.3 Å². The Hall–Kier alpha value is -3.00. The lowest BCUT2D eigenvalue weighted by atomic mass is 9.96. The first kappa shape index (κ1) is 24.6. The first-order chi connectivity index (χ1) is 15.9. The number of aryl methyl sites for hydroxylation is 1. The van der Waals surface area contributed by atoms with Gasteiger partial charge in [0.25, 0.3) is 0 Å². The number of likely N-dealkylation sites (tertiary alicyclic amines) is 1. The highest BCUT2D eigenvalue weighted by Crippen LogP contribution is 2.27. The zero-order valence-electron chi connectivity index (χ0n) is 19.7. The van der Waals surface area contributed by atoms with E-state index < -0.39 is 0 Å². The van der Waals surface area contributed by atoms with Crippen LogP contribution in [-0.2, 0) is 16.1 Å². The summed E-state index contributed by atoms with van der Waals surface area (Å²) in [4.78, 5) is 30.1. The Balaban J connectivity index is 0.000000257. The summed E-state index contributed by atoms with van der Waals surface area (Å²) in [7, 11) is 0. The van der Waals surface area contributed by atoms with Gasteiger partial charge in [-0.3, -0.25) is 9.59 Å². The molecule has 7 nitrogen and oxygen atoms in total. The van der Waals surface area contributed by atoms with Gasteiger partial charge in [-0.2, -0.15) is 0 Å². The third-order valence-corrected chi connectivity index (χ3v) is 7.04. The molecule has 176 valence electrons. The summed E-state index contributed by atoms with van der Waals surface area (Å²) in [5.41, 5.74) is 5.06. The van der Waals surface area contributed by atoms with Gasteiger partial charge in [0.1, 0.15) is 11.8 Å². The fourth-order valence-corrected chi connectivity index (χ4v) is 4.46. The molecule has 0 bridgehead atoms. The molecule has 1 aromatic carbocycles. The van der Waals surface area contributed by atoms with Crippen LogP contribution in [0.3, 0.4) is 0 Å². The Kier molecular flexibility index (Phi) is 8.77. The molecule has 1 aliphatic rings. The fraction of sp³-hybridized carbons (Fsp3) is 0.440. The average Bonchev–Trinajstić information content (AvgIpc) is 3.59. The van der Waals surface area contributed by atoms with E-state index in [1.165, 1.54) is 4.88 Å². The molecule has 0 saturated carbocycles. The maximum Gasteiger partial charge on any atom is 0.243 e. The van der Waals surface area contributed by atoms with Gasteiger partial charge in [-0.15, -0.1) is 11.3 Å². The molecule has 0 aliphatic carbocycles. The van der Waals surface area contributed by atoms with Crippen molar-refractivity contribution < 1.29 is 14.1 Å². The highest BCUT2D eigenvalue weighted by atomic mass is 32.1. The van der Waals surface area contributed by atoms with Crippen LogP contribution in [0, 0.1) is 12.8 Å². The second-order valence-electron chi connectivity index (χ2n) is 8.63. The Labute approximate surface area is 199 Å². The van der Waals surface area contributed by atoms with Crippen LogP contribution >= 0.6 is 11.3 Å². The molecule has 2 aromatic heterocycles. The Morgan fingerprint density at radius 1 is 1.27 bits per heavy atom. The van der Waals surface area contributed by atoms with E-state index in [1.807, 2.05) is 30.6 Å². The average molecular weight is 469 g/mol. The zero-order valence-corrected chi connectivity index (χ0v) is 20.5. The maximum absolute atomic E-state index is 12.2. The maximum atomic E-state index is 12.2. The number of carbonyl (C=O) groups is 2. The quantitative estimate of drug-likeness (QED) is 0.504. The molecule has 2 unspecified atom stereocenters. The summed E-state index contributed by atoms with van der Waals surface area (Å²) >= 11 is 1.63. The summed E-state index contributed by atoms with van der Waals surface area (Å²) in [6.45, 7) is 9.64. The van der Waals surface area contributed by atoms with E-state index in [0.29, 0.717) is 24.9 Å². The molecular formula is C25H32N4O3S. The van der Waals surface area contributed by atoms with Gasteiger partial charge in [-0.25, -0.2) is 4.98 Å². The number of hydrogen-bond acceptors (Lipinski definition) is 6. The minimum Gasteiger partial charge on any atom is -0.361 e. The van der Waals surface area contributed by atoms with Crippen LogP contribution in [0.4, 0.5) is 0 Å². The molecule has 0 spiro atoms. The number of benzene rings is 1. The van der Waals surface area contributed by atoms with Crippen molar-refractivity contribution in [2.75, 3.05) is 6.54 Å². The number of hydrogen-bond donors (Lipinski definition) is 1. The molecule has 1 fully saturated rings. The molecule has 4 rings (SSSR count). The molecule has 1 aliphatic heterocycles. The van der Waals surface area contributed by atoms with Crippen LogP contribution in [0.5, 0.6) is 0 Å². The highest BCUT2D eigenvalue weighted by Gasteiger charge is 2.29. The largest absolute Gasteiger partial charge is 0.361 e. The number of aromatic nitrogens is 2. The lowest BCUT2D eigenvalue weighted by molar-refractivity contribution is -0.131. The standard InChI is InChI=1S/C17H19N3O2S.C8H13NO/c1-12-16(23-10-19-12)14-6-4-13(5-7-14)9-18-17(22)15-3-2-8-20(15)11-21;1-6(2)7(3)8-4-5-9-10-8/h4-7,10-11,15H,2-3,8-9H2,1H3,(H,18,22);4-7H,1-3H3. The van der Waals surface area contributed by atoms with E-state index >= 15 is 0 Å². The highest BCUT2D eigenvalue weighted by molar-refractivity contribution is 7.13. The molecule has 8 heteroatoms. The van der Waals surface area contributed by atoms with E-state index in [4.69, 9.17) is 4.52 Å². The molecule has 2 amide bonds. The van der Waals surface area contributed by atoms with Crippen LogP contribution in [0.15, 0.2) is 46.6 Å². The first-order valence-electron chi connectivity index (χ1n) is 11.3. The van der Waals surface area contributed by atoms with Crippen LogP contribution in [0.1, 0.15) is 56.5 Å². The minimum absolute atomic E-state index is 0.0722. The lowest BCUT2D eigenvalue weighted by Crippen LogP contribution is -2.42. The van der Waals surface area contributed by atoms with Crippen molar-refractivity contribution in [3.05, 3.63) is 59.1 Å². The number of amides is 2. The molecule has 1 saturated heterocycles. The van der Waals surface area contributed by atoms with Gasteiger partial charge in [-0.05, 0) is 36.8 Å². The Morgan fingerprint density at radius 3 is 2.61 bits per heavy atom. The zero-order chi connectivity index (χ0) is 23.8. The van der Waals surface area contributed by atoms with Crippen molar-refractivity contribution in [1.29, 1.82) is 0 Å². The normalized spacial score (nSPS) is 16.3. The molecule has 3 heterocycles. The molecular weight excluding hydrogens is 436 g/mol. The monoisotopic (exact) mass is 468 g/mol. The lowest BCUT2D eigenvalue weighted by Gasteiger charge is -2.19. The van der Waals surface area contributed by atoms with E-state index in [1.54, 1.807) is 22.4 Å². The van der Waals surface area contributed by atoms with Gasteiger partial charge in [-0.1, -0.05) is 50.2 Å². The van der Waals surface area contributed by atoms with Gasteiger partial charge in [0, 0.05) is 25.1 Å². The number of carbonyl (C=O) groups excluding carboxylic acids is 2. The van der Waals surface area contributed by atoms with Gasteiger partial charge in [0.15, 0.2) is 0 Å². The van der Waals surface area contributed by atoms with E-state index in [9.17, 15) is 9.59 Å². The fourth-order valence-electron chi connectivity index (χ4n) is 3.65. The SMILES string of the molecule is CC(C)C(C)c1ccno1.Cc1ncsc1-c1ccc(CNC(=O)C2CCCN2C=O)cc1. The van der Waals surface area contributed by atoms with E-state index in [0.717, 1.165) is 41.8 Å². The van der Waals surface area contributed by atoms with Crippen LogP contribution in [-0.4, -0.2) is 39.9 Å². The van der Waals surface area contributed by atoms with Crippen molar-refractivity contribution in [3.63, 3.8) is 0 Å². The van der Waals surface area contributed by atoms with Crippen LogP contribution in [0.2, 0.25) is 0 Å². The van der Waals surface area contributed by atoms with Crippen LogP contribution in [0.25, 0.3) is 10.4 Å². The number of nitrogens with one attached hydrogen (secondary N) is 1. The minimum atomic E-state index is -0.313. The van der Waals surface area contributed by atoms with Crippen molar-refractivity contribution >= 4 is 23.7 Å². The van der Waals surface area contributed by atoms with Gasteiger partial charge < -0.3 is 14.7 Å². The summed E-state index contributed by atoms with van der Waals surface area (Å²) in [5.74, 6) is 2.00. The summed E-state index contributed by atoms with van der Waals surface area (Å²) in [5, 5.41) is 6.57. The third-order valence-electron chi connectivity index (χ3n) is 6.07. The van der Waals surface area contributed by atoms with Crippen molar-refractivity contribution in [1.82, 2.24) is 20.4 Å². The third kappa shape index (κ3) is 6.51. The van der Waals surface area contributed by atoms with Crippen LogP contribution < -0.4 is 5.32 Å². The molecule has 0 radical (unpaired) electrons. The van der Waals surface area contributed by atoms with Crippen molar-refractivity contribution in [2.24, 2.45) is 5.92 Å². The predicted molar refractivity (Wildman–Crippen MR) is 130 cm³/mol. The van der Waals surface area contributed by atoms with E-state index in [2.05, 4.69) is 48.4 Å². The topological polar surface area (TPSA) is 88.3 Å². The number of thiazole rings is 1. The summed E-state index contributed by atoms with van der Waals surface area (Å²) in [6.07, 6.45) is 4.09. The smallest absolute Gasteiger partial charge is 0.243 e. The van der Waals surface area contributed by atoms with Gasteiger partial charge in [0.05, 0.1) is 22.3 Å². The van der Waals surface area contributed by atoms with E-state index in [-0.39, 0.29) is 11.9 Å². The predicted octanol–water partition coefficient (Wildman–Crippen LogP) is 4.79. The Bertz CT molecular complexity index is 1010. The second-order valence-corrected chi connectivity index (χ2v) is 9.49. The van der Waals surface area contributed by atoms with Crippen molar-refractivity contribution in [2.45, 2.75) is 59.0 Å².